The molecule has 0 amide bonds. The van der Waals surface area contributed by atoms with E-state index in [1.165, 1.54) is 25.7 Å². The number of carboxylic acid groups (broad SMARTS) is 1. The molecule has 0 fully saturated rings. The molecule has 0 heterocycles. The first-order chi connectivity index (χ1) is 9.24. The van der Waals surface area contributed by atoms with Crippen molar-refractivity contribution in [3.05, 3.63) is 29.8 Å². The molecule has 0 aromatic heterocycles. The first-order valence-electron chi connectivity index (χ1n) is 6.87. The Bertz CT molecular complexity index is 379. The molecule has 0 aliphatic carbocycles. The van der Waals surface area contributed by atoms with Crippen LogP contribution in [0, 0.1) is 0 Å². The predicted octanol–water partition coefficient (Wildman–Crippen LogP) is 2.82. The maximum Gasteiger partial charge on any atom is 0.341 e. The van der Waals surface area contributed by atoms with E-state index in [2.05, 4.69) is 12.2 Å². The lowest BCUT2D eigenvalue weighted by atomic mass is 10.2. The summed E-state index contributed by atoms with van der Waals surface area (Å²) in [6, 6.07) is 7.54. The van der Waals surface area contributed by atoms with E-state index < -0.39 is 5.97 Å². The number of hydrogen-bond donors (Lipinski definition) is 2. The van der Waals surface area contributed by atoms with Crippen LogP contribution in [-0.2, 0) is 11.3 Å². The van der Waals surface area contributed by atoms with E-state index in [1.807, 2.05) is 18.2 Å². The number of rotatable bonds is 10. The molecule has 19 heavy (non-hydrogen) atoms. The van der Waals surface area contributed by atoms with Gasteiger partial charge in [0.2, 0.25) is 0 Å². The number of hydrogen-bond acceptors (Lipinski definition) is 3. The molecule has 0 unspecified atom stereocenters. The summed E-state index contributed by atoms with van der Waals surface area (Å²) in [5, 5.41) is 12.0. The minimum atomic E-state index is -0.956. The molecular weight excluding hydrogens is 242 g/mol. The fraction of sp³-hybridized carbons (Fsp3) is 0.533. The van der Waals surface area contributed by atoms with Crippen LogP contribution in [0.15, 0.2) is 24.3 Å². The molecule has 0 saturated heterocycles. The second kappa shape index (κ2) is 9.39. The van der Waals surface area contributed by atoms with Gasteiger partial charge in [-0.05, 0) is 19.0 Å². The van der Waals surface area contributed by atoms with Crippen molar-refractivity contribution >= 4 is 5.97 Å². The van der Waals surface area contributed by atoms with Crippen LogP contribution in [-0.4, -0.2) is 24.2 Å². The topological polar surface area (TPSA) is 58.6 Å². The van der Waals surface area contributed by atoms with E-state index in [-0.39, 0.29) is 6.61 Å². The molecule has 1 aromatic rings. The smallest absolute Gasteiger partial charge is 0.341 e. The van der Waals surface area contributed by atoms with Gasteiger partial charge in [-0.25, -0.2) is 4.79 Å². The quantitative estimate of drug-likeness (QED) is 0.639. The normalized spacial score (nSPS) is 10.4. The second-order valence-corrected chi connectivity index (χ2v) is 4.53. The zero-order valence-electron chi connectivity index (χ0n) is 11.5. The highest BCUT2D eigenvalue weighted by molar-refractivity contribution is 5.68. The summed E-state index contributed by atoms with van der Waals surface area (Å²) in [5.41, 5.74) is 0.999. The number of nitrogens with one attached hydrogen (secondary N) is 1. The van der Waals surface area contributed by atoms with E-state index in [4.69, 9.17) is 9.84 Å². The lowest BCUT2D eigenvalue weighted by molar-refractivity contribution is -0.139. The molecule has 1 rings (SSSR count). The molecule has 0 spiro atoms. The van der Waals surface area contributed by atoms with Gasteiger partial charge in [-0.15, -0.1) is 0 Å². The third kappa shape index (κ3) is 6.82. The van der Waals surface area contributed by atoms with E-state index in [1.54, 1.807) is 6.07 Å². The Hall–Kier alpha value is -1.55. The number of ether oxygens (including phenoxy) is 1. The van der Waals surface area contributed by atoms with Crippen molar-refractivity contribution in [1.29, 1.82) is 0 Å². The van der Waals surface area contributed by atoms with Crippen LogP contribution in [0.5, 0.6) is 5.75 Å². The summed E-state index contributed by atoms with van der Waals surface area (Å²) in [5.74, 6) is -0.312. The van der Waals surface area contributed by atoms with Gasteiger partial charge in [0.25, 0.3) is 0 Å². The van der Waals surface area contributed by atoms with Crippen LogP contribution in [0.25, 0.3) is 0 Å². The van der Waals surface area contributed by atoms with E-state index in [0.29, 0.717) is 12.3 Å². The van der Waals surface area contributed by atoms with Gasteiger partial charge in [0.15, 0.2) is 6.61 Å². The molecule has 0 bridgehead atoms. The number of para-hydroxylation sites is 1. The predicted molar refractivity (Wildman–Crippen MR) is 75.4 cm³/mol. The molecule has 0 atom stereocenters. The van der Waals surface area contributed by atoms with Crippen molar-refractivity contribution in [3.8, 4) is 5.75 Å². The van der Waals surface area contributed by atoms with Gasteiger partial charge in [0.05, 0.1) is 0 Å². The first-order valence-corrected chi connectivity index (χ1v) is 6.87. The van der Waals surface area contributed by atoms with Gasteiger partial charge in [-0.1, -0.05) is 44.4 Å². The third-order valence-corrected chi connectivity index (χ3v) is 2.85. The Balaban J connectivity index is 2.33. The molecule has 2 N–H and O–H groups in total. The lowest BCUT2D eigenvalue weighted by Crippen LogP contribution is -2.16. The maximum absolute atomic E-state index is 10.5. The largest absolute Gasteiger partial charge is 0.482 e. The van der Waals surface area contributed by atoms with Gasteiger partial charge in [-0.2, -0.15) is 0 Å². The number of carboxylic acids is 1. The highest BCUT2D eigenvalue weighted by Crippen LogP contribution is 2.17. The van der Waals surface area contributed by atoms with Crippen LogP contribution in [0.2, 0.25) is 0 Å². The summed E-state index contributed by atoms with van der Waals surface area (Å²) >= 11 is 0. The van der Waals surface area contributed by atoms with Crippen LogP contribution in [0.4, 0.5) is 0 Å². The van der Waals surface area contributed by atoms with Crippen molar-refractivity contribution in [1.82, 2.24) is 5.32 Å². The average molecular weight is 265 g/mol. The van der Waals surface area contributed by atoms with Gasteiger partial charge >= 0.3 is 5.97 Å². The molecule has 106 valence electrons. The third-order valence-electron chi connectivity index (χ3n) is 2.85. The van der Waals surface area contributed by atoms with Crippen molar-refractivity contribution in [3.63, 3.8) is 0 Å². The highest BCUT2D eigenvalue weighted by atomic mass is 16.5. The van der Waals surface area contributed by atoms with Crippen LogP contribution in [0.1, 0.15) is 38.2 Å². The summed E-state index contributed by atoms with van der Waals surface area (Å²) in [6.45, 7) is 3.59. The van der Waals surface area contributed by atoms with E-state index in [0.717, 1.165) is 12.1 Å². The van der Waals surface area contributed by atoms with E-state index >= 15 is 0 Å². The highest BCUT2D eigenvalue weighted by Gasteiger charge is 2.04. The molecule has 0 aliphatic rings. The van der Waals surface area contributed by atoms with E-state index in [9.17, 15) is 4.79 Å². The Morgan fingerprint density at radius 2 is 2.05 bits per heavy atom. The number of unbranched alkanes of at least 4 members (excludes halogenated alkanes) is 3. The Kier molecular flexibility index (Phi) is 7.66. The zero-order valence-corrected chi connectivity index (χ0v) is 11.5. The number of benzene rings is 1. The Morgan fingerprint density at radius 1 is 1.26 bits per heavy atom. The van der Waals surface area contributed by atoms with Crippen LogP contribution in [0.3, 0.4) is 0 Å². The molecule has 1 aromatic carbocycles. The lowest BCUT2D eigenvalue weighted by Gasteiger charge is -2.10. The molecule has 0 radical (unpaired) electrons. The van der Waals surface area contributed by atoms with Crippen molar-refractivity contribution in [2.45, 2.75) is 39.2 Å². The van der Waals surface area contributed by atoms with Crippen LogP contribution >= 0.6 is 0 Å². The monoisotopic (exact) mass is 265 g/mol. The van der Waals surface area contributed by atoms with Gasteiger partial charge in [0.1, 0.15) is 5.75 Å². The number of carbonyl (C=O) groups is 1. The second-order valence-electron chi connectivity index (χ2n) is 4.53. The number of aliphatic carboxylic acids is 1. The summed E-state index contributed by atoms with van der Waals surface area (Å²) in [7, 11) is 0. The molecule has 4 nitrogen and oxygen atoms in total. The van der Waals surface area contributed by atoms with Crippen molar-refractivity contribution < 1.29 is 14.6 Å². The summed E-state index contributed by atoms with van der Waals surface area (Å²) < 4.78 is 5.25. The van der Waals surface area contributed by atoms with Gasteiger partial charge < -0.3 is 15.2 Å². The molecular formula is C15H23NO3. The Labute approximate surface area is 114 Å². The van der Waals surface area contributed by atoms with Gasteiger partial charge in [0, 0.05) is 12.1 Å². The standard InChI is InChI=1S/C15H23NO3/c1-2-3-4-7-10-16-11-13-8-5-6-9-14(13)19-12-15(17)18/h5-6,8-9,16H,2-4,7,10-12H2,1H3,(H,17,18). The fourth-order valence-corrected chi connectivity index (χ4v) is 1.83. The molecule has 0 saturated carbocycles. The van der Waals surface area contributed by atoms with Crippen molar-refractivity contribution in [2.75, 3.05) is 13.2 Å². The minimum absolute atomic E-state index is 0.298. The molecule has 4 heteroatoms. The first kappa shape index (κ1) is 15.5. The maximum atomic E-state index is 10.5. The van der Waals surface area contributed by atoms with Crippen LogP contribution < -0.4 is 10.1 Å². The summed E-state index contributed by atoms with van der Waals surface area (Å²) in [4.78, 5) is 10.5. The fourth-order valence-electron chi connectivity index (χ4n) is 1.83. The summed E-state index contributed by atoms with van der Waals surface area (Å²) in [6.07, 6.45) is 4.94. The van der Waals surface area contributed by atoms with Gasteiger partial charge in [-0.3, -0.25) is 0 Å². The average Bonchev–Trinajstić information content (AvgIpc) is 2.41. The zero-order chi connectivity index (χ0) is 13.9. The molecule has 0 aliphatic heterocycles. The minimum Gasteiger partial charge on any atom is -0.482 e. The SMILES string of the molecule is CCCCCCNCc1ccccc1OCC(=O)O. The Morgan fingerprint density at radius 3 is 2.79 bits per heavy atom. The van der Waals surface area contributed by atoms with Crippen molar-refractivity contribution in [2.24, 2.45) is 0 Å².